The van der Waals surface area contributed by atoms with Crippen LogP contribution in [0.15, 0.2) is 180 Å². The molecule has 0 bridgehead atoms. The summed E-state index contributed by atoms with van der Waals surface area (Å²) in [7, 11) is 0. The summed E-state index contributed by atoms with van der Waals surface area (Å²) >= 11 is 0. The van der Waals surface area contributed by atoms with Crippen molar-refractivity contribution in [3.8, 4) is 22.3 Å². The van der Waals surface area contributed by atoms with Crippen LogP contribution in [0.1, 0.15) is 73.9 Å². The van der Waals surface area contributed by atoms with Crippen LogP contribution in [0.5, 0.6) is 0 Å². The standard InChI is InChI=1S/C61H45BN2O/c1-59(2)30-31-60(3,4)49-33-37(28-29-46(49)59)64-52-35-55-42(41-20-9-14-27-54(41)65-55)34-43(52)56-38-17-6-5-16-36(38)32-53-57(56)62(64)50-25-15-24-48-58(50)63(53)51-26-13-12-23-47(51)61(48)44-21-10-7-18-39(44)40-19-8-11-22-45(40)61/h5-29,32-35H,30-31H2,1-4H3. The Balaban J connectivity index is 1.12. The molecule has 15 rings (SSSR count). The summed E-state index contributed by atoms with van der Waals surface area (Å²) in [6, 6.07) is 67.2. The Labute approximate surface area is 379 Å². The summed E-state index contributed by atoms with van der Waals surface area (Å²) in [5, 5.41) is 4.81. The van der Waals surface area contributed by atoms with Crippen molar-refractivity contribution < 1.29 is 4.42 Å². The second-order valence-electron chi connectivity index (χ2n) is 20.6. The Morgan fingerprint density at radius 3 is 1.92 bits per heavy atom. The molecule has 0 radical (unpaired) electrons. The maximum absolute atomic E-state index is 6.80. The van der Waals surface area contributed by atoms with Crippen LogP contribution in [0.2, 0.25) is 0 Å². The first kappa shape index (κ1) is 36.1. The fraction of sp³-hybridized carbons (Fsp3) is 0.148. The van der Waals surface area contributed by atoms with Crippen molar-refractivity contribution in [3.05, 3.63) is 209 Å². The van der Waals surface area contributed by atoms with Gasteiger partial charge in [0.15, 0.2) is 0 Å². The van der Waals surface area contributed by atoms with E-state index in [4.69, 9.17) is 4.42 Å². The molecule has 308 valence electrons. The zero-order valence-corrected chi connectivity index (χ0v) is 37.0. The lowest BCUT2D eigenvalue weighted by Crippen LogP contribution is -2.62. The van der Waals surface area contributed by atoms with Gasteiger partial charge in [0, 0.05) is 45.2 Å². The van der Waals surface area contributed by atoms with Crippen LogP contribution in [-0.4, -0.2) is 6.85 Å². The quantitative estimate of drug-likeness (QED) is 0.154. The predicted molar refractivity (Wildman–Crippen MR) is 271 cm³/mol. The highest BCUT2D eigenvalue weighted by atomic mass is 16.3. The molecule has 5 aliphatic rings. The molecule has 2 aliphatic carbocycles. The average molecular weight is 833 g/mol. The summed E-state index contributed by atoms with van der Waals surface area (Å²) in [6.07, 6.45) is 2.33. The van der Waals surface area contributed by atoms with Gasteiger partial charge in [0.25, 0.3) is 0 Å². The molecular weight excluding hydrogens is 787 g/mol. The van der Waals surface area contributed by atoms with Gasteiger partial charge in [-0.2, -0.15) is 0 Å². The molecule has 4 heterocycles. The zero-order chi connectivity index (χ0) is 43.1. The van der Waals surface area contributed by atoms with E-state index in [1.165, 1.54) is 112 Å². The topological polar surface area (TPSA) is 19.6 Å². The molecule has 0 N–H and O–H groups in total. The third-order valence-electron chi connectivity index (χ3n) is 16.5. The van der Waals surface area contributed by atoms with Crippen molar-refractivity contribution >= 4 is 78.9 Å². The molecule has 3 nitrogen and oxygen atoms in total. The Morgan fingerprint density at radius 2 is 1.12 bits per heavy atom. The van der Waals surface area contributed by atoms with E-state index in [0.717, 1.165) is 28.4 Å². The van der Waals surface area contributed by atoms with Gasteiger partial charge >= 0.3 is 6.85 Å². The van der Waals surface area contributed by atoms with Crippen LogP contribution in [0.3, 0.4) is 0 Å². The van der Waals surface area contributed by atoms with E-state index < -0.39 is 5.41 Å². The molecule has 0 fully saturated rings. The number of anilines is 5. The van der Waals surface area contributed by atoms with Crippen LogP contribution in [0, 0.1) is 0 Å². The lowest BCUT2D eigenvalue weighted by molar-refractivity contribution is 0.332. The van der Waals surface area contributed by atoms with Crippen LogP contribution in [0.25, 0.3) is 55.0 Å². The fourth-order valence-corrected chi connectivity index (χ4v) is 13.5. The van der Waals surface area contributed by atoms with Gasteiger partial charge in [-0.3, -0.25) is 0 Å². The summed E-state index contributed by atoms with van der Waals surface area (Å²) < 4.78 is 6.80. The van der Waals surface area contributed by atoms with Gasteiger partial charge < -0.3 is 14.1 Å². The Hall–Kier alpha value is -7.30. The number of furan rings is 1. The van der Waals surface area contributed by atoms with Crippen molar-refractivity contribution in [2.45, 2.75) is 56.8 Å². The highest BCUT2D eigenvalue weighted by Gasteiger charge is 2.56. The summed E-state index contributed by atoms with van der Waals surface area (Å²) in [5.41, 5.74) is 23.8. The van der Waals surface area contributed by atoms with E-state index in [-0.39, 0.29) is 17.7 Å². The van der Waals surface area contributed by atoms with Crippen LogP contribution in [0.4, 0.5) is 28.4 Å². The molecule has 1 spiro atoms. The SMILES string of the molecule is CC1(C)CCC(C)(C)c2cc(N3B4c5cccc6c5N(c5ccccc5C65c6ccccc6-c6ccccc65)c5cc6ccccc6c(c54)-c4cc5c(cc43)oc3ccccc35)ccc21. The molecule has 0 saturated heterocycles. The van der Waals surface area contributed by atoms with E-state index in [1.807, 2.05) is 0 Å². The summed E-state index contributed by atoms with van der Waals surface area (Å²) in [6.45, 7) is 9.63. The molecule has 10 aromatic rings. The van der Waals surface area contributed by atoms with Gasteiger partial charge in [-0.05, 0) is 132 Å². The van der Waals surface area contributed by atoms with Crippen LogP contribution >= 0.6 is 0 Å². The molecule has 0 atom stereocenters. The van der Waals surface area contributed by atoms with E-state index >= 15 is 0 Å². The monoisotopic (exact) mass is 832 g/mol. The molecule has 1 aromatic heterocycles. The summed E-state index contributed by atoms with van der Waals surface area (Å²) in [4.78, 5) is 5.36. The van der Waals surface area contributed by atoms with Crippen molar-refractivity contribution in [1.82, 2.24) is 0 Å². The average Bonchev–Trinajstić information content (AvgIpc) is 3.85. The lowest BCUT2D eigenvalue weighted by atomic mass is 9.42. The maximum Gasteiger partial charge on any atom is 0.333 e. The summed E-state index contributed by atoms with van der Waals surface area (Å²) in [5.74, 6) is 0. The molecule has 0 saturated carbocycles. The zero-order valence-electron chi connectivity index (χ0n) is 37.0. The second-order valence-corrected chi connectivity index (χ2v) is 20.6. The molecular formula is C61H45BN2O. The molecule has 0 amide bonds. The molecule has 65 heavy (non-hydrogen) atoms. The maximum atomic E-state index is 6.80. The van der Waals surface area contributed by atoms with Crippen molar-refractivity contribution in [2.24, 2.45) is 0 Å². The van der Waals surface area contributed by atoms with E-state index in [2.05, 4.69) is 213 Å². The molecule has 0 unspecified atom stereocenters. The Morgan fingerprint density at radius 1 is 0.462 bits per heavy atom. The number of hydrogen-bond donors (Lipinski definition) is 0. The fourth-order valence-electron chi connectivity index (χ4n) is 13.5. The van der Waals surface area contributed by atoms with E-state index in [9.17, 15) is 0 Å². The minimum Gasteiger partial charge on any atom is -0.456 e. The molecule has 4 heteroatoms. The van der Waals surface area contributed by atoms with Crippen molar-refractivity contribution in [2.75, 3.05) is 9.71 Å². The lowest BCUT2D eigenvalue weighted by Gasteiger charge is -2.52. The molecule has 3 aliphatic heterocycles. The largest absolute Gasteiger partial charge is 0.456 e. The first-order chi connectivity index (χ1) is 31.7. The first-order valence-corrected chi connectivity index (χ1v) is 23.4. The van der Waals surface area contributed by atoms with Crippen LogP contribution < -0.4 is 20.6 Å². The number of rotatable bonds is 1. The van der Waals surface area contributed by atoms with Gasteiger partial charge in [0.1, 0.15) is 11.2 Å². The van der Waals surface area contributed by atoms with Crippen molar-refractivity contribution in [3.63, 3.8) is 0 Å². The third kappa shape index (κ3) is 4.34. The number of benzene rings is 9. The van der Waals surface area contributed by atoms with Gasteiger partial charge in [-0.1, -0.05) is 161 Å². The van der Waals surface area contributed by atoms with Gasteiger partial charge in [-0.25, -0.2) is 0 Å². The highest BCUT2D eigenvalue weighted by molar-refractivity contribution is 6.94. The third-order valence-corrected chi connectivity index (χ3v) is 16.5. The van der Waals surface area contributed by atoms with Gasteiger partial charge in [-0.15, -0.1) is 0 Å². The predicted octanol–water partition coefficient (Wildman–Crippen LogP) is 14.5. The number of hydrogen-bond acceptors (Lipinski definition) is 3. The van der Waals surface area contributed by atoms with Crippen LogP contribution in [-0.2, 0) is 16.2 Å². The first-order valence-electron chi connectivity index (χ1n) is 23.4. The minimum atomic E-state index is -0.512. The van der Waals surface area contributed by atoms with Gasteiger partial charge in [0.05, 0.1) is 11.1 Å². The van der Waals surface area contributed by atoms with Crippen molar-refractivity contribution in [1.29, 1.82) is 0 Å². The number of nitrogens with zero attached hydrogens (tertiary/aromatic N) is 2. The number of para-hydroxylation sites is 3. The van der Waals surface area contributed by atoms with E-state index in [0.29, 0.717) is 0 Å². The normalized spacial score (nSPS) is 17.1. The Bertz CT molecular complexity index is 3730. The smallest absolute Gasteiger partial charge is 0.333 e. The van der Waals surface area contributed by atoms with Gasteiger partial charge in [0.2, 0.25) is 0 Å². The van der Waals surface area contributed by atoms with E-state index in [1.54, 1.807) is 0 Å². The Kier molecular flexibility index (Phi) is 6.71. The molecule has 9 aromatic carbocycles. The highest BCUT2D eigenvalue weighted by Crippen LogP contribution is 2.64. The number of fused-ring (bicyclic) bond motifs is 19. The second kappa shape index (κ2) is 12.1. The minimum absolute atomic E-state index is 0.0378.